The molecule has 0 spiro atoms. The summed E-state index contributed by atoms with van der Waals surface area (Å²) in [6.45, 7) is 3.91. The zero-order valence-corrected chi connectivity index (χ0v) is 18.6. The SMILES string of the molecule is COC(=O)[C@@H](C)NC(=O)[C@H]1CN(C(=O)Nc2ccccc2)CCN1C(=O)C1CC[NH2+]CC1. The van der Waals surface area contributed by atoms with Crippen LogP contribution in [0, 0.1) is 5.92 Å². The van der Waals surface area contributed by atoms with E-state index in [9.17, 15) is 19.2 Å². The van der Waals surface area contributed by atoms with Gasteiger partial charge in [0, 0.05) is 37.5 Å². The number of esters is 1. The maximum Gasteiger partial charge on any atom is 0.328 e. The molecule has 1 aromatic carbocycles. The number of hydrogen-bond acceptors (Lipinski definition) is 5. The smallest absolute Gasteiger partial charge is 0.328 e. The summed E-state index contributed by atoms with van der Waals surface area (Å²) in [5, 5.41) is 7.62. The van der Waals surface area contributed by atoms with Gasteiger partial charge in [0.05, 0.1) is 26.7 Å². The fourth-order valence-corrected chi connectivity index (χ4v) is 4.13. The van der Waals surface area contributed by atoms with E-state index in [-0.39, 0.29) is 30.9 Å². The van der Waals surface area contributed by atoms with Crippen LogP contribution in [0.5, 0.6) is 0 Å². The third kappa shape index (κ3) is 5.76. The minimum absolute atomic E-state index is 0.0446. The first-order chi connectivity index (χ1) is 15.4. The number of quaternary nitrogens is 1. The van der Waals surface area contributed by atoms with Crippen molar-refractivity contribution in [3.63, 3.8) is 0 Å². The molecule has 0 radical (unpaired) electrons. The van der Waals surface area contributed by atoms with E-state index in [1.165, 1.54) is 18.9 Å². The highest BCUT2D eigenvalue weighted by atomic mass is 16.5. The molecule has 0 bridgehead atoms. The predicted octanol–water partition coefficient (Wildman–Crippen LogP) is -0.618. The molecule has 174 valence electrons. The van der Waals surface area contributed by atoms with E-state index in [2.05, 4.69) is 20.7 Å². The number of rotatable bonds is 5. The maximum absolute atomic E-state index is 13.2. The number of methoxy groups -OCH3 is 1. The monoisotopic (exact) mass is 446 g/mol. The molecule has 3 rings (SSSR count). The topological polar surface area (TPSA) is 125 Å². The molecule has 4 amide bonds. The average Bonchev–Trinajstić information content (AvgIpc) is 2.83. The molecule has 1 aromatic rings. The van der Waals surface area contributed by atoms with Crippen molar-refractivity contribution < 1.29 is 29.2 Å². The zero-order valence-electron chi connectivity index (χ0n) is 18.6. The van der Waals surface area contributed by atoms with Crippen LogP contribution in [0.2, 0.25) is 0 Å². The summed E-state index contributed by atoms with van der Waals surface area (Å²) >= 11 is 0. The number of nitrogens with two attached hydrogens (primary N) is 1. The van der Waals surface area contributed by atoms with E-state index in [1.54, 1.807) is 17.0 Å². The molecular weight excluding hydrogens is 414 g/mol. The summed E-state index contributed by atoms with van der Waals surface area (Å²) in [7, 11) is 1.25. The summed E-state index contributed by atoms with van der Waals surface area (Å²) in [5.74, 6) is -1.24. The maximum atomic E-state index is 13.2. The van der Waals surface area contributed by atoms with Crippen molar-refractivity contribution in [2.75, 3.05) is 45.2 Å². The van der Waals surface area contributed by atoms with Crippen LogP contribution in [0.25, 0.3) is 0 Å². The van der Waals surface area contributed by atoms with Gasteiger partial charge in [0.25, 0.3) is 0 Å². The van der Waals surface area contributed by atoms with Crippen molar-refractivity contribution >= 4 is 29.5 Å². The molecule has 32 heavy (non-hydrogen) atoms. The van der Waals surface area contributed by atoms with Crippen molar-refractivity contribution in [1.29, 1.82) is 0 Å². The summed E-state index contributed by atoms with van der Waals surface area (Å²) < 4.78 is 4.68. The number of anilines is 1. The van der Waals surface area contributed by atoms with E-state index in [4.69, 9.17) is 0 Å². The van der Waals surface area contributed by atoms with Gasteiger partial charge in [0.15, 0.2) is 0 Å². The van der Waals surface area contributed by atoms with E-state index >= 15 is 0 Å². The Balaban J connectivity index is 1.73. The Hall–Kier alpha value is -3.14. The molecule has 4 N–H and O–H groups in total. The lowest BCUT2D eigenvalue weighted by atomic mass is 9.95. The van der Waals surface area contributed by atoms with Crippen molar-refractivity contribution in [3.8, 4) is 0 Å². The van der Waals surface area contributed by atoms with E-state index in [0.717, 1.165) is 25.9 Å². The second kappa shape index (κ2) is 10.9. The second-order valence-electron chi connectivity index (χ2n) is 8.18. The summed E-state index contributed by atoms with van der Waals surface area (Å²) in [6.07, 6.45) is 1.53. The Morgan fingerprint density at radius 2 is 1.78 bits per heavy atom. The van der Waals surface area contributed by atoms with Crippen LogP contribution in [0.4, 0.5) is 10.5 Å². The molecule has 2 heterocycles. The molecule has 2 aliphatic rings. The normalized spacial score (nSPS) is 20.2. The van der Waals surface area contributed by atoms with Crippen molar-refractivity contribution in [3.05, 3.63) is 30.3 Å². The highest BCUT2D eigenvalue weighted by molar-refractivity contribution is 5.94. The molecule has 0 aromatic heterocycles. The van der Waals surface area contributed by atoms with Gasteiger partial charge in [-0.25, -0.2) is 9.59 Å². The number of carbonyl (C=O) groups is 4. The number of para-hydroxylation sites is 1. The third-order valence-corrected chi connectivity index (χ3v) is 5.98. The number of hydrogen-bond donors (Lipinski definition) is 3. The number of carbonyl (C=O) groups excluding carboxylic acids is 4. The van der Waals surface area contributed by atoms with Crippen LogP contribution >= 0.6 is 0 Å². The van der Waals surface area contributed by atoms with Crippen molar-refractivity contribution in [2.45, 2.75) is 31.8 Å². The van der Waals surface area contributed by atoms with Gasteiger partial charge in [0.2, 0.25) is 11.8 Å². The third-order valence-electron chi connectivity index (χ3n) is 5.98. The first-order valence-electron chi connectivity index (χ1n) is 11.0. The fourth-order valence-electron chi connectivity index (χ4n) is 4.13. The van der Waals surface area contributed by atoms with Crippen LogP contribution < -0.4 is 16.0 Å². The summed E-state index contributed by atoms with van der Waals surface area (Å²) in [5.41, 5.74) is 0.648. The zero-order chi connectivity index (χ0) is 23.1. The Labute approximate surface area is 187 Å². The molecule has 10 heteroatoms. The standard InChI is InChI=1S/C22H31N5O5/c1-15(21(30)32-2)24-19(28)18-14-26(22(31)25-17-6-4-3-5-7-17)12-13-27(18)20(29)16-8-10-23-11-9-16/h3-7,15-16,18,23H,8-14H2,1-2H3,(H,24,28)(H,25,31)/p+1/t15-,18-/m1/s1. The lowest BCUT2D eigenvalue weighted by Crippen LogP contribution is -2.86. The first kappa shape index (κ1) is 23.5. The van der Waals surface area contributed by atoms with Crippen LogP contribution in [0.1, 0.15) is 19.8 Å². The van der Waals surface area contributed by atoms with Gasteiger partial charge in [-0.2, -0.15) is 0 Å². The molecule has 2 fully saturated rings. The van der Waals surface area contributed by atoms with Gasteiger partial charge in [-0.1, -0.05) is 18.2 Å². The van der Waals surface area contributed by atoms with Gasteiger partial charge in [0.1, 0.15) is 12.1 Å². The molecule has 10 nitrogen and oxygen atoms in total. The van der Waals surface area contributed by atoms with E-state index in [1.807, 2.05) is 18.2 Å². The minimum Gasteiger partial charge on any atom is -0.467 e. The number of benzene rings is 1. The number of urea groups is 1. The Morgan fingerprint density at radius 3 is 2.44 bits per heavy atom. The lowest BCUT2D eigenvalue weighted by Gasteiger charge is -2.42. The van der Waals surface area contributed by atoms with Crippen LogP contribution in [0.15, 0.2) is 30.3 Å². The Bertz CT molecular complexity index is 827. The molecule has 0 saturated carbocycles. The van der Waals surface area contributed by atoms with Crippen molar-refractivity contribution in [1.82, 2.24) is 15.1 Å². The average molecular weight is 447 g/mol. The number of ether oxygens (including phenoxy) is 1. The van der Waals surface area contributed by atoms with Gasteiger partial charge in [-0.05, 0) is 19.1 Å². The quantitative estimate of drug-likeness (QED) is 0.520. The van der Waals surface area contributed by atoms with E-state index in [0.29, 0.717) is 12.2 Å². The molecule has 0 aliphatic carbocycles. The van der Waals surface area contributed by atoms with Crippen LogP contribution in [-0.2, 0) is 19.1 Å². The van der Waals surface area contributed by atoms with E-state index < -0.39 is 24.0 Å². The number of piperazine rings is 1. The Kier molecular flexibility index (Phi) is 8.04. The molecule has 0 unspecified atom stereocenters. The highest BCUT2D eigenvalue weighted by Crippen LogP contribution is 2.20. The largest absolute Gasteiger partial charge is 0.467 e. The Morgan fingerprint density at radius 1 is 1.09 bits per heavy atom. The van der Waals surface area contributed by atoms with Gasteiger partial charge in [-0.15, -0.1) is 0 Å². The highest BCUT2D eigenvalue weighted by Gasteiger charge is 2.40. The van der Waals surface area contributed by atoms with Gasteiger partial charge >= 0.3 is 12.0 Å². The number of nitrogens with zero attached hydrogens (tertiary/aromatic N) is 2. The first-order valence-corrected chi connectivity index (χ1v) is 11.0. The second-order valence-corrected chi connectivity index (χ2v) is 8.18. The molecule has 2 saturated heterocycles. The molecular formula is C22H32N5O5+. The minimum atomic E-state index is -0.879. The summed E-state index contributed by atoms with van der Waals surface area (Å²) in [6, 6.07) is 6.97. The predicted molar refractivity (Wildman–Crippen MR) is 117 cm³/mol. The number of amides is 4. The van der Waals surface area contributed by atoms with Crippen molar-refractivity contribution in [2.24, 2.45) is 5.92 Å². The van der Waals surface area contributed by atoms with Gasteiger partial charge < -0.3 is 30.5 Å². The fraction of sp³-hybridized carbons (Fsp3) is 0.545. The lowest BCUT2D eigenvalue weighted by molar-refractivity contribution is -0.664. The van der Waals surface area contributed by atoms with Crippen LogP contribution in [-0.4, -0.2) is 85.5 Å². The summed E-state index contributed by atoms with van der Waals surface area (Å²) in [4.78, 5) is 54.0. The molecule has 2 atom stereocenters. The number of nitrogens with one attached hydrogen (secondary N) is 2. The molecule has 2 aliphatic heterocycles. The van der Waals surface area contributed by atoms with Gasteiger partial charge in [-0.3, -0.25) is 9.59 Å². The van der Waals surface area contributed by atoms with Crippen LogP contribution in [0.3, 0.4) is 0 Å². The number of piperidine rings is 1.